The molecule has 4 rings (SSSR count). The number of nitrogens with zero attached hydrogens (tertiary/aromatic N) is 4. The predicted octanol–water partition coefficient (Wildman–Crippen LogP) is 3.85. The van der Waals surface area contributed by atoms with Crippen LogP contribution >= 0.6 is 0 Å². The number of alkyl halides is 3. The Morgan fingerprint density at radius 1 is 1.03 bits per heavy atom. The smallest absolute Gasteiger partial charge is 0.338 e. The van der Waals surface area contributed by atoms with Crippen LogP contribution in [0.25, 0.3) is 11.4 Å². The van der Waals surface area contributed by atoms with Crippen molar-refractivity contribution in [2.45, 2.75) is 12.7 Å². The van der Waals surface area contributed by atoms with Crippen molar-refractivity contribution in [2.75, 3.05) is 26.2 Å². The van der Waals surface area contributed by atoms with Gasteiger partial charge >= 0.3 is 6.18 Å². The second-order valence-electron chi connectivity index (χ2n) is 7.17. The molecule has 31 heavy (non-hydrogen) atoms. The van der Waals surface area contributed by atoms with E-state index in [1.54, 1.807) is 11.0 Å². The van der Waals surface area contributed by atoms with Crippen LogP contribution in [0, 0.1) is 5.82 Å². The molecule has 0 unspecified atom stereocenters. The Labute approximate surface area is 175 Å². The Morgan fingerprint density at radius 2 is 1.77 bits per heavy atom. The van der Waals surface area contributed by atoms with Gasteiger partial charge in [-0.2, -0.15) is 18.2 Å². The van der Waals surface area contributed by atoms with Crippen LogP contribution in [0.5, 0.6) is 0 Å². The zero-order valence-corrected chi connectivity index (χ0v) is 16.3. The van der Waals surface area contributed by atoms with E-state index in [1.807, 2.05) is 4.90 Å². The molecule has 2 aromatic carbocycles. The first-order valence-corrected chi connectivity index (χ1v) is 9.57. The molecule has 1 aromatic heterocycles. The van der Waals surface area contributed by atoms with E-state index in [2.05, 4.69) is 10.1 Å². The summed E-state index contributed by atoms with van der Waals surface area (Å²) in [5, 5.41) is 3.79. The number of piperazine rings is 1. The number of benzene rings is 2. The van der Waals surface area contributed by atoms with E-state index < -0.39 is 17.6 Å². The van der Waals surface area contributed by atoms with E-state index in [1.165, 1.54) is 30.3 Å². The van der Waals surface area contributed by atoms with Crippen LogP contribution in [0.2, 0.25) is 0 Å². The maximum atomic E-state index is 13.3. The lowest BCUT2D eigenvalue weighted by molar-refractivity contribution is -0.137. The van der Waals surface area contributed by atoms with Crippen LogP contribution < -0.4 is 0 Å². The quantitative estimate of drug-likeness (QED) is 0.584. The van der Waals surface area contributed by atoms with Crippen LogP contribution in [0.15, 0.2) is 53.1 Å². The Hall–Kier alpha value is -3.27. The zero-order chi connectivity index (χ0) is 22.0. The fourth-order valence-corrected chi connectivity index (χ4v) is 3.38. The lowest BCUT2D eigenvalue weighted by Gasteiger charge is -2.34. The van der Waals surface area contributed by atoms with Crippen LogP contribution in [-0.4, -0.2) is 52.0 Å². The van der Waals surface area contributed by atoms with Crippen molar-refractivity contribution in [3.8, 4) is 11.4 Å². The van der Waals surface area contributed by atoms with Gasteiger partial charge in [-0.25, -0.2) is 4.39 Å². The Bertz CT molecular complexity index is 1070. The van der Waals surface area contributed by atoms with Gasteiger partial charge in [0.2, 0.25) is 11.7 Å². The number of amides is 1. The molecule has 0 saturated carbocycles. The van der Waals surface area contributed by atoms with Crippen molar-refractivity contribution >= 4 is 5.91 Å². The van der Waals surface area contributed by atoms with E-state index in [-0.39, 0.29) is 23.2 Å². The highest BCUT2D eigenvalue weighted by molar-refractivity contribution is 5.94. The fourth-order valence-electron chi connectivity index (χ4n) is 3.38. The first-order valence-electron chi connectivity index (χ1n) is 9.57. The highest BCUT2D eigenvalue weighted by Crippen LogP contribution is 2.31. The van der Waals surface area contributed by atoms with Gasteiger partial charge in [-0.05, 0) is 30.3 Å². The zero-order valence-electron chi connectivity index (χ0n) is 16.3. The predicted molar refractivity (Wildman–Crippen MR) is 102 cm³/mol. The molecule has 1 aliphatic heterocycles. The molecule has 0 spiro atoms. The summed E-state index contributed by atoms with van der Waals surface area (Å²) >= 11 is 0. The number of carbonyl (C=O) groups excluding carboxylic acids is 1. The molecule has 1 amide bonds. The second-order valence-corrected chi connectivity index (χ2v) is 7.17. The van der Waals surface area contributed by atoms with Crippen molar-refractivity contribution < 1.29 is 26.9 Å². The van der Waals surface area contributed by atoms with Crippen LogP contribution in [0.4, 0.5) is 17.6 Å². The van der Waals surface area contributed by atoms with E-state index in [0.29, 0.717) is 38.3 Å². The molecule has 0 bridgehead atoms. The summed E-state index contributed by atoms with van der Waals surface area (Å²) in [6, 6.07) is 10.3. The maximum absolute atomic E-state index is 13.3. The van der Waals surface area contributed by atoms with Gasteiger partial charge in [0, 0.05) is 37.3 Å². The summed E-state index contributed by atoms with van der Waals surface area (Å²) in [6.45, 7) is 2.30. The Balaban J connectivity index is 1.36. The van der Waals surface area contributed by atoms with Gasteiger partial charge in [0.05, 0.1) is 12.1 Å². The average Bonchev–Trinajstić information content (AvgIpc) is 3.22. The molecule has 0 aliphatic carbocycles. The molecule has 2 heterocycles. The summed E-state index contributed by atoms with van der Waals surface area (Å²) in [6.07, 6.45) is -4.45. The molecule has 3 aromatic rings. The first kappa shape index (κ1) is 21.0. The van der Waals surface area contributed by atoms with Crippen LogP contribution in [0.1, 0.15) is 21.8 Å². The molecule has 162 valence electrons. The van der Waals surface area contributed by atoms with Crippen molar-refractivity contribution in [2.24, 2.45) is 0 Å². The molecule has 0 N–H and O–H groups in total. The maximum Gasteiger partial charge on any atom is 0.416 e. The van der Waals surface area contributed by atoms with Gasteiger partial charge in [0.25, 0.3) is 5.91 Å². The summed E-state index contributed by atoms with van der Waals surface area (Å²) in [7, 11) is 0. The molecule has 10 heteroatoms. The number of rotatable bonds is 4. The number of halogens is 4. The SMILES string of the molecule is O=C(c1cccc(F)c1)N1CCN(Cc2nc(-c3cccc(C(F)(F)F)c3)no2)CC1. The summed E-state index contributed by atoms with van der Waals surface area (Å²) in [5.74, 6) is -0.334. The van der Waals surface area contributed by atoms with E-state index in [0.717, 1.165) is 12.1 Å². The number of hydrogen-bond acceptors (Lipinski definition) is 5. The number of aromatic nitrogens is 2. The second kappa shape index (κ2) is 8.46. The lowest BCUT2D eigenvalue weighted by atomic mass is 10.1. The summed E-state index contributed by atoms with van der Waals surface area (Å²) in [4.78, 5) is 20.3. The van der Waals surface area contributed by atoms with Gasteiger partial charge in [0.15, 0.2) is 0 Å². The topological polar surface area (TPSA) is 62.5 Å². The molecular weight excluding hydrogens is 416 g/mol. The highest BCUT2D eigenvalue weighted by Gasteiger charge is 2.31. The first-order chi connectivity index (χ1) is 14.8. The average molecular weight is 434 g/mol. The van der Waals surface area contributed by atoms with E-state index in [4.69, 9.17) is 4.52 Å². The van der Waals surface area contributed by atoms with Crippen molar-refractivity contribution in [3.63, 3.8) is 0 Å². The van der Waals surface area contributed by atoms with Gasteiger partial charge in [0.1, 0.15) is 5.82 Å². The molecule has 1 aliphatic rings. The normalized spacial score (nSPS) is 15.3. The van der Waals surface area contributed by atoms with Gasteiger partial charge in [-0.15, -0.1) is 0 Å². The largest absolute Gasteiger partial charge is 0.416 e. The third kappa shape index (κ3) is 4.91. The van der Waals surface area contributed by atoms with Crippen LogP contribution in [-0.2, 0) is 12.7 Å². The Morgan fingerprint density at radius 3 is 2.48 bits per heavy atom. The third-order valence-electron chi connectivity index (χ3n) is 5.01. The summed E-state index contributed by atoms with van der Waals surface area (Å²) in [5.41, 5.74) is -0.262. The minimum Gasteiger partial charge on any atom is -0.338 e. The molecule has 1 saturated heterocycles. The van der Waals surface area contributed by atoms with Gasteiger partial charge in [-0.3, -0.25) is 9.69 Å². The summed E-state index contributed by atoms with van der Waals surface area (Å²) < 4.78 is 57.2. The minimum absolute atomic E-state index is 0.0843. The van der Waals surface area contributed by atoms with Crippen LogP contribution in [0.3, 0.4) is 0 Å². The molecule has 1 fully saturated rings. The van der Waals surface area contributed by atoms with Crippen molar-refractivity contribution in [1.82, 2.24) is 19.9 Å². The third-order valence-corrected chi connectivity index (χ3v) is 5.01. The fraction of sp³-hybridized carbons (Fsp3) is 0.286. The van der Waals surface area contributed by atoms with E-state index >= 15 is 0 Å². The molecule has 0 atom stereocenters. The van der Waals surface area contributed by atoms with Gasteiger partial charge in [-0.1, -0.05) is 23.4 Å². The standard InChI is InChI=1S/C21H18F4N4O2/c22-17-6-2-4-15(12-17)20(30)29-9-7-28(8-10-29)13-18-26-19(27-31-18)14-3-1-5-16(11-14)21(23,24)25/h1-6,11-12H,7-10,13H2. The number of hydrogen-bond donors (Lipinski definition) is 0. The highest BCUT2D eigenvalue weighted by atomic mass is 19.4. The molecule has 6 nitrogen and oxygen atoms in total. The van der Waals surface area contributed by atoms with Crippen molar-refractivity contribution in [3.05, 3.63) is 71.4 Å². The van der Waals surface area contributed by atoms with Crippen molar-refractivity contribution in [1.29, 1.82) is 0 Å². The van der Waals surface area contributed by atoms with Gasteiger partial charge < -0.3 is 9.42 Å². The van der Waals surface area contributed by atoms with E-state index in [9.17, 15) is 22.4 Å². The molecular formula is C21H18F4N4O2. The Kier molecular flexibility index (Phi) is 5.73. The monoisotopic (exact) mass is 434 g/mol. The minimum atomic E-state index is -4.45. The molecule has 0 radical (unpaired) electrons. The lowest BCUT2D eigenvalue weighted by Crippen LogP contribution is -2.48. The number of carbonyl (C=O) groups is 1.